The molecule has 0 saturated heterocycles. The standard InChI is InChI=1S/C25H43F3N4O3SSi/c1-17(29)18-10-11-21-19(14-18)30-22(32(21)16-34-12-13-37(7,8)9)20(31-36(33)23(2,3)4)15-35-24(5,6)25(26,27)28/h10-11,14,17,20,31H,12-13,15-16,29H2,1-9H3/p+1/t17-,20+,36-/m1/s1. The lowest BCUT2D eigenvalue weighted by molar-refractivity contribution is -0.717. The minimum atomic E-state index is -4.57. The average Bonchev–Trinajstić information content (AvgIpc) is 3.09. The van der Waals surface area contributed by atoms with Crippen molar-refractivity contribution in [3.8, 4) is 0 Å². The number of hydrogen-bond acceptors (Lipinski definition) is 4. The molecule has 0 aliphatic rings. The lowest BCUT2D eigenvalue weighted by Crippen LogP contribution is -2.48. The van der Waals surface area contributed by atoms with Gasteiger partial charge in [-0.05, 0) is 65.3 Å². The summed E-state index contributed by atoms with van der Waals surface area (Å²) in [5.41, 5.74) is 6.15. The van der Waals surface area contributed by atoms with Gasteiger partial charge in [0.25, 0.3) is 5.82 Å². The van der Waals surface area contributed by atoms with Crippen LogP contribution in [-0.4, -0.2) is 47.0 Å². The molecule has 0 fully saturated rings. The van der Waals surface area contributed by atoms with Gasteiger partial charge in [-0.15, -0.1) is 0 Å². The Labute approximate surface area is 222 Å². The van der Waals surface area contributed by atoms with Gasteiger partial charge < -0.3 is 15.2 Å². The summed E-state index contributed by atoms with van der Waals surface area (Å²) < 4.78 is 69.4. The molecule has 37 heavy (non-hydrogen) atoms. The van der Waals surface area contributed by atoms with Gasteiger partial charge in [0, 0.05) is 20.7 Å². The summed E-state index contributed by atoms with van der Waals surface area (Å²) in [6, 6.07) is 5.68. The van der Waals surface area contributed by atoms with Crippen LogP contribution in [0.4, 0.5) is 13.2 Å². The number of ether oxygens (including phenoxy) is 2. The number of nitrogens with zero attached hydrogens (tertiary/aromatic N) is 1. The van der Waals surface area contributed by atoms with Crippen molar-refractivity contribution in [1.29, 1.82) is 0 Å². The van der Waals surface area contributed by atoms with Crippen LogP contribution in [-0.2, 0) is 27.2 Å². The third-order valence-electron chi connectivity index (χ3n) is 6.04. The number of nitrogens with two attached hydrogens (primary N) is 1. The number of alkyl halides is 3. The molecule has 0 amide bonds. The van der Waals surface area contributed by atoms with E-state index < -0.39 is 41.6 Å². The smallest absolute Gasteiger partial charge is 0.364 e. The molecular weight excluding hydrogens is 521 g/mol. The van der Waals surface area contributed by atoms with Gasteiger partial charge in [0.05, 0.1) is 22.3 Å². The molecule has 7 nitrogen and oxygen atoms in total. The minimum Gasteiger partial charge on any atom is -0.364 e. The highest BCUT2D eigenvalue weighted by Crippen LogP contribution is 2.34. The Morgan fingerprint density at radius 2 is 1.78 bits per heavy atom. The first-order valence-electron chi connectivity index (χ1n) is 12.5. The van der Waals surface area contributed by atoms with Crippen molar-refractivity contribution in [2.24, 2.45) is 5.73 Å². The molecule has 1 aromatic heterocycles. The average molecular weight is 566 g/mol. The summed E-state index contributed by atoms with van der Waals surface area (Å²) in [5, 5.41) is 0. The van der Waals surface area contributed by atoms with Crippen molar-refractivity contribution >= 4 is 30.1 Å². The lowest BCUT2D eigenvalue weighted by Gasteiger charge is -2.30. The summed E-state index contributed by atoms with van der Waals surface area (Å²) in [5.74, 6) is 0.514. The largest absolute Gasteiger partial charge is 0.416 e. The number of H-pyrrole nitrogens is 1. The molecule has 2 rings (SSSR count). The minimum absolute atomic E-state index is 0.181. The van der Waals surface area contributed by atoms with Crippen molar-refractivity contribution < 1.29 is 31.4 Å². The maximum Gasteiger partial charge on any atom is 0.416 e. The number of halogens is 3. The summed E-state index contributed by atoms with van der Waals surface area (Å²) in [4.78, 5) is 3.33. The number of hydrogen-bond donors (Lipinski definition) is 3. The molecule has 1 heterocycles. The van der Waals surface area contributed by atoms with E-state index in [4.69, 9.17) is 15.2 Å². The van der Waals surface area contributed by atoms with Crippen LogP contribution in [0.3, 0.4) is 0 Å². The van der Waals surface area contributed by atoms with E-state index in [0.29, 0.717) is 12.4 Å². The van der Waals surface area contributed by atoms with E-state index >= 15 is 0 Å². The molecule has 0 saturated carbocycles. The van der Waals surface area contributed by atoms with Crippen molar-refractivity contribution in [2.75, 3.05) is 13.2 Å². The molecule has 0 unspecified atom stereocenters. The third kappa shape index (κ3) is 8.86. The fourth-order valence-electron chi connectivity index (χ4n) is 3.30. The van der Waals surface area contributed by atoms with Crippen LogP contribution in [0.1, 0.15) is 65.0 Å². The lowest BCUT2D eigenvalue weighted by atomic mass is 10.1. The highest BCUT2D eigenvalue weighted by atomic mass is 32.2. The molecule has 0 aliphatic carbocycles. The first-order chi connectivity index (χ1) is 16.7. The van der Waals surface area contributed by atoms with Crippen molar-refractivity contribution in [3.63, 3.8) is 0 Å². The zero-order chi connectivity index (χ0) is 28.4. The summed E-state index contributed by atoms with van der Waals surface area (Å²) >= 11 is 0. The molecule has 1 aromatic carbocycles. The predicted octanol–water partition coefficient (Wildman–Crippen LogP) is 5.24. The van der Waals surface area contributed by atoms with E-state index in [1.807, 2.05) is 29.7 Å². The maximum absolute atomic E-state index is 13.6. The number of benzene rings is 1. The van der Waals surface area contributed by atoms with Crippen LogP contribution in [0, 0.1) is 0 Å². The van der Waals surface area contributed by atoms with E-state index in [-0.39, 0.29) is 19.4 Å². The molecule has 0 bridgehead atoms. The van der Waals surface area contributed by atoms with E-state index in [2.05, 4.69) is 29.3 Å². The molecular formula is C25H44F3N4O3SSi+. The van der Waals surface area contributed by atoms with E-state index in [1.165, 1.54) is 0 Å². The quantitative estimate of drug-likeness (QED) is 0.186. The van der Waals surface area contributed by atoms with Crippen LogP contribution in [0.25, 0.3) is 11.0 Å². The van der Waals surface area contributed by atoms with Gasteiger partial charge in [-0.3, -0.25) is 0 Å². The van der Waals surface area contributed by atoms with Gasteiger partial charge in [0.2, 0.25) is 0 Å². The topological polar surface area (TPSA) is 93.3 Å². The zero-order valence-electron chi connectivity index (χ0n) is 23.5. The fraction of sp³-hybridized carbons (Fsp3) is 0.720. The molecule has 0 radical (unpaired) electrons. The second kappa shape index (κ2) is 11.8. The molecule has 0 spiro atoms. The highest BCUT2D eigenvalue weighted by molar-refractivity contribution is 7.84. The van der Waals surface area contributed by atoms with Crippen LogP contribution < -0.4 is 15.0 Å². The fourth-order valence-corrected chi connectivity index (χ4v) is 4.85. The monoisotopic (exact) mass is 565 g/mol. The Morgan fingerprint density at radius 3 is 2.30 bits per heavy atom. The second-order valence-electron chi connectivity index (χ2n) is 12.2. The SMILES string of the molecule is C[C@@H](N)c1ccc2c(c1)[nH]c([C@H](COC(C)(C)C(F)(F)F)N[S@](=O)C(C)(C)C)[n+]2COCC[Si](C)(C)C. The van der Waals surface area contributed by atoms with Gasteiger partial charge >= 0.3 is 6.18 Å². The molecule has 4 N–H and O–H groups in total. The van der Waals surface area contributed by atoms with Gasteiger partial charge in [-0.25, -0.2) is 18.5 Å². The van der Waals surface area contributed by atoms with Crippen molar-refractivity contribution in [3.05, 3.63) is 29.6 Å². The summed E-state index contributed by atoms with van der Waals surface area (Å²) in [6.45, 7) is 16.4. The van der Waals surface area contributed by atoms with Gasteiger partial charge in [-0.1, -0.05) is 25.7 Å². The molecule has 12 heteroatoms. The summed E-state index contributed by atoms with van der Waals surface area (Å²) in [7, 11) is -2.90. The Morgan fingerprint density at radius 1 is 1.16 bits per heavy atom. The Hall–Kier alpha value is -1.31. The van der Waals surface area contributed by atoms with Crippen molar-refractivity contribution in [2.45, 2.75) is 103 Å². The number of nitrogens with one attached hydrogen (secondary N) is 2. The number of aromatic amines is 1. The Bertz CT molecular complexity index is 1080. The van der Waals surface area contributed by atoms with Crippen LogP contribution in [0.5, 0.6) is 0 Å². The highest BCUT2D eigenvalue weighted by Gasteiger charge is 2.49. The van der Waals surface area contributed by atoms with Crippen molar-refractivity contribution in [1.82, 2.24) is 9.71 Å². The molecule has 2 aromatic rings. The van der Waals surface area contributed by atoms with Crippen LogP contribution >= 0.6 is 0 Å². The van der Waals surface area contributed by atoms with E-state index in [0.717, 1.165) is 36.5 Å². The van der Waals surface area contributed by atoms with Gasteiger partial charge in [0.15, 0.2) is 23.4 Å². The second-order valence-corrected chi connectivity index (χ2v) is 19.8. The first-order valence-corrected chi connectivity index (χ1v) is 17.4. The van der Waals surface area contributed by atoms with Crippen LogP contribution in [0.15, 0.2) is 18.2 Å². The Kier molecular flexibility index (Phi) is 10.2. The molecule has 212 valence electrons. The maximum atomic E-state index is 13.6. The number of aromatic nitrogens is 2. The Balaban J connectivity index is 2.54. The van der Waals surface area contributed by atoms with E-state index in [1.54, 1.807) is 20.8 Å². The normalized spacial score (nSPS) is 16.2. The third-order valence-corrected chi connectivity index (χ3v) is 9.35. The predicted molar refractivity (Wildman–Crippen MR) is 145 cm³/mol. The molecule has 3 atom stereocenters. The molecule has 0 aliphatic heterocycles. The van der Waals surface area contributed by atoms with E-state index in [9.17, 15) is 17.4 Å². The zero-order valence-corrected chi connectivity index (χ0v) is 25.3. The van der Waals surface area contributed by atoms with Gasteiger partial charge in [0.1, 0.15) is 6.04 Å². The number of imidazole rings is 1. The van der Waals surface area contributed by atoms with Crippen LogP contribution in [0.2, 0.25) is 25.7 Å². The van der Waals surface area contributed by atoms with Gasteiger partial charge in [-0.2, -0.15) is 13.2 Å². The number of fused-ring (bicyclic) bond motifs is 1. The summed E-state index contributed by atoms with van der Waals surface area (Å²) in [6.07, 6.45) is -4.57. The first kappa shape index (κ1) is 31.9. The number of rotatable bonds is 12.